The van der Waals surface area contributed by atoms with Crippen molar-refractivity contribution in [3.63, 3.8) is 0 Å². The second-order valence-corrected chi connectivity index (χ2v) is 27.8. The zero-order valence-electron chi connectivity index (χ0n) is 24.1. The molecule has 0 N–H and O–H groups in total. The number of rotatable bonds is 19. The van der Waals surface area contributed by atoms with E-state index >= 15 is 0 Å². The van der Waals surface area contributed by atoms with Gasteiger partial charge in [0.25, 0.3) is 0 Å². The quantitative estimate of drug-likeness (QED) is 0.0754. The summed E-state index contributed by atoms with van der Waals surface area (Å²) in [7, 11) is -9.86. The minimum atomic E-state index is -5.23. The third kappa shape index (κ3) is 10.3. The first-order valence-corrected chi connectivity index (χ1v) is 24.6. The summed E-state index contributed by atoms with van der Waals surface area (Å²) >= 11 is -3.84. The van der Waals surface area contributed by atoms with E-state index < -0.39 is 58.0 Å². The summed E-state index contributed by atoms with van der Waals surface area (Å²) in [5.74, 6) is 0. The van der Waals surface area contributed by atoms with Gasteiger partial charge in [0.1, 0.15) is 0 Å². The van der Waals surface area contributed by atoms with Crippen molar-refractivity contribution in [2.75, 3.05) is 6.54 Å². The minimum absolute atomic E-state index is 0.103. The number of hydroxylamine groups is 1. The van der Waals surface area contributed by atoms with Gasteiger partial charge in [-0.1, -0.05) is 0 Å². The molecular weight excluding hydrogens is 674 g/mol. The monoisotopic (exact) mass is 716 g/mol. The Labute approximate surface area is 248 Å². The molecule has 10 nitrogen and oxygen atoms in total. The van der Waals surface area contributed by atoms with Crippen LogP contribution in [0.5, 0.6) is 0 Å². The van der Waals surface area contributed by atoms with Gasteiger partial charge in [0, 0.05) is 0 Å². The van der Waals surface area contributed by atoms with Crippen molar-refractivity contribution in [1.29, 1.82) is 0 Å². The van der Waals surface area contributed by atoms with Crippen LogP contribution in [0.15, 0.2) is 68.9 Å². The van der Waals surface area contributed by atoms with Crippen LogP contribution in [0.1, 0.15) is 64.9 Å². The third-order valence-electron chi connectivity index (χ3n) is 7.12. The Bertz CT molecular complexity index is 1280. The molecule has 0 amide bonds. The Morgan fingerprint density at radius 3 is 1.93 bits per heavy atom. The van der Waals surface area contributed by atoms with Crippen LogP contribution in [-0.2, 0) is 26.0 Å². The van der Waals surface area contributed by atoms with Gasteiger partial charge in [-0.3, -0.25) is 0 Å². The van der Waals surface area contributed by atoms with Crippen molar-refractivity contribution >= 4 is 41.7 Å². The molecule has 0 fully saturated rings. The van der Waals surface area contributed by atoms with Crippen LogP contribution in [-0.4, -0.2) is 42.7 Å². The van der Waals surface area contributed by atoms with Gasteiger partial charge in [-0.05, 0) is 0 Å². The number of nitrogens with zero attached hydrogens (tertiary/aromatic N) is 2. The summed E-state index contributed by atoms with van der Waals surface area (Å²) < 4.78 is 43.0. The van der Waals surface area contributed by atoms with E-state index in [1.54, 1.807) is 30.3 Å². The summed E-state index contributed by atoms with van der Waals surface area (Å²) in [5, 5.41) is 11.7. The van der Waals surface area contributed by atoms with Crippen molar-refractivity contribution in [1.82, 2.24) is 4.47 Å². The number of unbranched alkanes of at least 4 members (excludes halogenated alkanes) is 3. The summed E-state index contributed by atoms with van der Waals surface area (Å²) in [6.07, 6.45) is 6.19. The Hall–Kier alpha value is -1.60. The molecule has 0 saturated heterocycles. The number of nitro benzene ring substituents is 1. The number of sulfonamides is 1. The molecule has 0 aliphatic rings. The average Bonchev–Trinajstić information content (AvgIpc) is 2.94. The Morgan fingerprint density at radius 2 is 1.44 bits per heavy atom. The van der Waals surface area contributed by atoms with Crippen molar-refractivity contribution < 1.29 is 32.5 Å². The predicted molar refractivity (Wildman–Crippen MR) is 159 cm³/mol. The molecule has 13 heteroatoms. The Balaban J connectivity index is 2.67. The van der Waals surface area contributed by atoms with Crippen LogP contribution in [0.3, 0.4) is 0 Å². The van der Waals surface area contributed by atoms with Gasteiger partial charge in [0.15, 0.2) is 0 Å². The van der Waals surface area contributed by atoms with Crippen molar-refractivity contribution in [2.45, 2.75) is 84.1 Å². The van der Waals surface area contributed by atoms with Crippen LogP contribution in [0.2, 0.25) is 13.3 Å². The second-order valence-electron chi connectivity index (χ2n) is 10.2. The molecule has 228 valence electrons. The van der Waals surface area contributed by atoms with Crippen LogP contribution >= 0.6 is 7.60 Å². The molecule has 0 bridgehead atoms. The SMILES string of the molecule is CCC[CH2][Sn]([CH2]CCC)([CH2]CCC)[C](=CCN(OCc1ccccc1)S(=O)(=O)c1ccccc1[N+](=O)[O-])P(=O)([O-])[O-]. The molecule has 2 rings (SSSR count). The van der Waals surface area contributed by atoms with Crippen molar-refractivity contribution in [3.8, 4) is 0 Å². The van der Waals surface area contributed by atoms with Gasteiger partial charge in [-0.15, -0.1) is 0 Å². The number of hydrogen-bond acceptors (Lipinski definition) is 8. The molecule has 0 saturated carbocycles. The summed E-state index contributed by atoms with van der Waals surface area (Å²) in [5.41, 5.74) is 0.00541. The molecule has 2 aromatic rings. The molecule has 0 aliphatic heterocycles. The standard InChI is InChI=1S/C16H16N2O8PS.3C4H9.Sn/c19-18(20)15-9-4-5-10-16(15)28(24,25)17(11-6-12-27(21,22)23)26-13-14-7-2-1-3-8-14;3*1-3-4-2;/h1-10H,11,13H2,(H2,21,22,23);3*1,3-4H2,2H3;/p-2. The molecular formula is C28H41N2O8PSSn-2. The number of benzene rings is 2. The predicted octanol–water partition coefficient (Wildman–Crippen LogP) is 5.90. The number of nitro groups is 1. The van der Waals surface area contributed by atoms with E-state index in [2.05, 4.69) is 0 Å². The van der Waals surface area contributed by atoms with E-state index in [0.717, 1.165) is 50.7 Å². The topological polar surface area (TPSA) is 153 Å². The average molecular weight is 715 g/mol. The summed E-state index contributed by atoms with van der Waals surface area (Å²) in [6.45, 7) is 5.31. The fraction of sp³-hybridized carbons (Fsp3) is 0.500. The van der Waals surface area contributed by atoms with Crippen molar-refractivity contribution in [3.05, 3.63) is 79.7 Å². The Kier molecular flexibility index (Phi) is 14.7. The van der Waals surface area contributed by atoms with Crippen molar-refractivity contribution in [2.24, 2.45) is 0 Å². The Morgan fingerprint density at radius 1 is 0.927 bits per heavy atom. The van der Waals surface area contributed by atoms with Gasteiger partial charge < -0.3 is 0 Å². The van der Waals surface area contributed by atoms with E-state index in [-0.39, 0.29) is 9.94 Å². The van der Waals surface area contributed by atoms with Crippen LogP contribution in [0.4, 0.5) is 5.69 Å². The van der Waals surface area contributed by atoms with E-state index in [1.165, 1.54) is 18.2 Å². The van der Waals surface area contributed by atoms with E-state index in [4.69, 9.17) is 4.84 Å². The molecule has 0 atom stereocenters. The maximum atomic E-state index is 13.8. The van der Waals surface area contributed by atoms with Gasteiger partial charge in [-0.2, -0.15) is 0 Å². The molecule has 0 aliphatic carbocycles. The van der Waals surface area contributed by atoms with E-state index in [1.807, 2.05) is 20.8 Å². The molecule has 2 aromatic carbocycles. The van der Waals surface area contributed by atoms with Gasteiger partial charge >= 0.3 is 249 Å². The fourth-order valence-corrected chi connectivity index (χ4v) is 29.1. The zero-order chi connectivity index (χ0) is 30.5. The van der Waals surface area contributed by atoms with Gasteiger partial charge in [0.05, 0.1) is 0 Å². The third-order valence-corrected chi connectivity index (χ3v) is 30.0. The number of hydrogen-bond donors (Lipinski definition) is 0. The second kappa shape index (κ2) is 16.9. The van der Waals surface area contributed by atoms with Crippen LogP contribution in [0, 0.1) is 10.1 Å². The van der Waals surface area contributed by atoms with E-state index in [0.29, 0.717) is 23.3 Å². The van der Waals surface area contributed by atoms with Gasteiger partial charge in [0.2, 0.25) is 0 Å². The van der Waals surface area contributed by atoms with Gasteiger partial charge in [-0.25, -0.2) is 0 Å². The first kappa shape index (κ1) is 35.6. The first-order valence-electron chi connectivity index (χ1n) is 14.1. The molecule has 0 spiro atoms. The summed E-state index contributed by atoms with van der Waals surface area (Å²) in [4.78, 5) is 41.7. The zero-order valence-corrected chi connectivity index (χ0v) is 28.6. The molecule has 0 heterocycles. The van der Waals surface area contributed by atoms with Crippen LogP contribution in [0.25, 0.3) is 0 Å². The molecule has 0 aromatic heterocycles. The molecule has 41 heavy (non-hydrogen) atoms. The maximum absolute atomic E-state index is 13.8. The van der Waals surface area contributed by atoms with Crippen LogP contribution < -0.4 is 9.79 Å². The fourth-order valence-electron chi connectivity index (χ4n) is 4.96. The normalized spacial score (nSPS) is 13.1. The summed E-state index contributed by atoms with van der Waals surface area (Å²) in [6, 6.07) is 13.6. The first-order chi connectivity index (χ1) is 19.4. The molecule has 0 radical (unpaired) electrons. The number of para-hydroxylation sites is 1. The van der Waals surface area contributed by atoms with E-state index in [9.17, 15) is 32.9 Å². The molecule has 0 unspecified atom stereocenters.